The Morgan fingerprint density at radius 1 is 1.22 bits per heavy atom. The minimum absolute atomic E-state index is 0.194. The quantitative estimate of drug-likeness (QED) is 0.837. The van der Waals surface area contributed by atoms with Crippen LogP contribution in [0, 0.1) is 17.3 Å². The molecule has 0 amide bonds. The molecule has 0 aliphatic heterocycles. The van der Waals surface area contributed by atoms with Gasteiger partial charge in [0.25, 0.3) is 0 Å². The van der Waals surface area contributed by atoms with Crippen molar-refractivity contribution in [1.29, 1.82) is 0 Å². The number of fused-ring (bicyclic) bond motifs is 5. The minimum Gasteiger partial charge on any atom is -0.508 e. The molecule has 2 N–H and O–H groups in total. The highest BCUT2D eigenvalue weighted by Crippen LogP contribution is 2.61. The highest BCUT2D eigenvalue weighted by atomic mass is 16.3. The predicted octanol–water partition coefficient (Wildman–Crippen LogP) is 3.15. The molecule has 1 aromatic carbocycles. The third-order valence-corrected chi connectivity index (χ3v) is 7.24. The third-order valence-electron chi connectivity index (χ3n) is 7.24. The molecule has 0 bridgehead atoms. The van der Waals surface area contributed by atoms with Crippen LogP contribution in [0.25, 0.3) is 0 Å². The number of rotatable bonds is 1. The maximum Gasteiger partial charge on any atom is 0.115 e. The van der Waals surface area contributed by atoms with Crippen LogP contribution in [0.5, 0.6) is 5.75 Å². The van der Waals surface area contributed by atoms with Gasteiger partial charge < -0.3 is 15.1 Å². The van der Waals surface area contributed by atoms with Gasteiger partial charge in [-0.1, -0.05) is 13.0 Å². The number of hydrogen-bond acceptors (Lipinski definition) is 3. The van der Waals surface area contributed by atoms with Crippen LogP contribution < -0.4 is 0 Å². The van der Waals surface area contributed by atoms with Gasteiger partial charge in [-0.25, -0.2) is 0 Å². The Labute approximate surface area is 139 Å². The van der Waals surface area contributed by atoms with Crippen molar-refractivity contribution in [2.45, 2.75) is 57.1 Å². The SMILES string of the molecule is CN(C)[C@H]1[C@H](O)C[C@H]2[C@@H]3CCc4cc(O)ccc4[C@H]3CC[C@]12C. The fourth-order valence-corrected chi connectivity index (χ4v) is 6.49. The Morgan fingerprint density at radius 2 is 2.00 bits per heavy atom. The largest absolute Gasteiger partial charge is 0.508 e. The van der Waals surface area contributed by atoms with E-state index in [4.69, 9.17) is 0 Å². The summed E-state index contributed by atoms with van der Waals surface area (Å²) in [4.78, 5) is 2.25. The van der Waals surface area contributed by atoms with Gasteiger partial charge in [-0.2, -0.15) is 0 Å². The van der Waals surface area contributed by atoms with E-state index in [2.05, 4.69) is 32.0 Å². The topological polar surface area (TPSA) is 43.7 Å². The molecular formula is C20H29NO2. The number of aliphatic hydroxyl groups excluding tert-OH is 1. The summed E-state index contributed by atoms with van der Waals surface area (Å²) < 4.78 is 0. The second-order valence-corrected chi connectivity index (χ2v) is 8.55. The molecule has 4 rings (SSSR count). The lowest BCUT2D eigenvalue weighted by Crippen LogP contribution is -2.50. The standard InChI is InChI=1S/C20H29NO2/c1-20-9-8-15-14-7-5-13(22)10-12(14)4-6-16(15)17(20)11-18(23)19(20)21(2)3/h5,7,10,15-19,22-23H,4,6,8-9,11H2,1-3H3/t15-,16-,17+,18-,19+,20+/m1/s1. The molecule has 126 valence electrons. The zero-order valence-corrected chi connectivity index (χ0v) is 14.5. The van der Waals surface area contributed by atoms with Crippen LogP contribution in [0.2, 0.25) is 0 Å². The number of likely N-dealkylation sites (N-methyl/N-ethyl adjacent to an activating group) is 1. The Kier molecular flexibility index (Phi) is 3.51. The summed E-state index contributed by atoms with van der Waals surface area (Å²) in [6.07, 6.45) is 5.44. The van der Waals surface area contributed by atoms with Crippen LogP contribution in [-0.2, 0) is 6.42 Å². The zero-order valence-electron chi connectivity index (χ0n) is 14.5. The van der Waals surface area contributed by atoms with Crippen molar-refractivity contribution in [2.75, 3.05) is 14.1 Å². The summed E-state index contributed by atoms with van der Waals surface area (Å²) >= 11 is 0. The number of benzene rings is 1. The van der Waals surface area contributed by atoms with Crippen molar-refractivity contribution in [3.63, 3.8) is 0 Å². The van der Waals surface area contributed by atoms with Crippen LogP contribution in [0.15, 0.2) is 18.2 Å². The molecule has 3 nitrogen and oxygen atoms in total. The minimum atomic E-state index is -0.194. The first kappa shape index (κ1) is 15.5. The summed E-state index contributed by atoms with van der Waals surface area (Å²) in [5, 5.41) is 20.5. The fourth-order valence-electron chi connectivity index (χ4n) is 6.49. The Morgan fingerprint density at radius 3 is 2.74 bits per heavy atom. The van der Waals surface area contributed by atoms with Gasteiger partial charge >= 0.3 is 0 Å². The van der Waals surface area contributed by atoms with E-state index in [-0.39, 0.29) is 17.6 Å². The van der Waals surface area contributed by atoms with Gasteiger partial charge in [-0.15, -0.1) is 0 Å². The smallest absolute Gasteiger partial charge is 0.115 e. The molecule has 6 atom stereocenters. The molecule has 3 heteroatoms. The Bertz CT molecular complexity index is 614. The van der Waals surface area contributed by atoms with Crippen molar-refractivity contribution in [3.8, 4) is 5.75 Å². The maximum atomic E-state index is 10.7. The van der Waals surface area contributed by atoms with Gasteiger partial charge in [-0.3, -0.25) is 0 Å². The average Bonchev–Trinajstić information content (AvgIpc) is 2.77. The van der Waals surface area contributed by atoms with Crippen LogP contribution in [-0.4, -0.2) is 41.4 Å². The summed E-state index contributed by atoms with van der Waals surface area (Å²) in [5.74, 6) is 2.31. The highest BCUT2D eigenvalue weighted by Gasteiger charge is 2.58. The lowest BCUT2D eigenvalue weighted by atomic mass is 9.55. The molecule has 0 spiro atoms. The summed E-state index contributed by atoms with van der Waals surface area (Å²) in [6.45, 7) is 2.42. The number of nitrogens with zero attached hydrogens (tertiary/aromatic N) is 1. The number of phenolic OH excluding ortho intramolecular Hbond substituents is 1. The second-order valence-electron chi connectivity index (χ2n) is 8.55. The molecule has 3 aliphatic rings. The summed E-state index contributed by atoms with van der Waals surface area (Å²) in [7, 11) is 4.24. The number of aryl methyl sites for hydroxylation is 1. The number of hydrogen-bond donors (Lipinski definition) is 2. The van der Waals surface area contributed by atoms with E-state index in [0.29, 0.717) is 23.5 Å². The van der Waals surface area contributed by atoms with Crippen LogP contribution in [0.1, 0.15) is 49.7 Å². The highest BCUT2D eigenvalue weighted by molar-refractivity contribution is 5.40. The van der Waals surface area contributed by atoms with E-state index < -0.39 is 0 Å². The normalized spacial score (nSPS) is 42.2. The van der Waals surface area contributed by atoms with E-state index in [0.717, 1.165) is 12.8 Å². The lowest BCUT2D eigenvalue weighted by Gasteiger charge is -2.51. The van der Waals surface area contributed by atoms with E-state index in [1.54, 1.807) is 0 Å². The molecule has 23 heavy (non-hydrogen) atoms. The second kappa shape index (κ2) is 5.22. The molecule has 3 aliphatic carbocycles. The van der Waals surface area contributed by atoms with Gasteiger partial charge in [0.05, 0.1) is 6.10 Å². The monoisotopic (exact) mass is 315 g/mol. The molecule has 0 radical (unpaired) electrons. The molecule has 0 unspecified atom stereocenters. The fraction of sp³-hybridized carbons (Fsp3) is 0.700. The van der Waals surface area contributed by atoms with Gasteiger partial charge in [0, 0.05) is 6.04 Å². The molecule has 2 saturated carbocycles. The van der Waals surface area contributed by atoms with Gasteiger partial charge in [0.1, 0.15) is 5.75 Å². The molecule has 1 aromatic rings. The van der Waals surface area contributed by atoms with E-state index >= 15 is 0 Å². The van der Waals surface area contributed by atoms with Crippen molar-refractivity contribution in [3.05, 3.63) is 29.3 Å². The van der Waals surface area contributed by atoms with E-state index in [9.17, 15) is 10.2 Å². The van der Waals surface area contributed by atoms with Gasteiger partial charge in [0.15, 0.2) is 0 Å². The van der Waals surface area contributed by atoms with Gasteiger partial charge in [0.2, 0.25) is 0 Å². The van der Waals surface area contributed by atoms with E-state index in [1.165, 1.54) is 30.4 Å². The number of phenols is 1. The van der Waals surface area contributed by atoms with E-state index in [1.807, 2.05) is 12.1 Å². The molecular weight excluding hydrogens is 286 g/mol. The van der Waals surface area contributed by atoms with Crippen molar-refractivity contribution < 1.29 is 10.2 Å². The van der Waals surface area contributed by atoms with Crippen molar-refractivity contribution in [1.82, 2.24) is 4.90 Å². The van der Waals surface area contributed by atoms with Gasteiger partial charge in [-0.05, 0) is 92.6 Å². The van der Waals surface area contributed by atoms with Crippen LogP contribution >= 0.6 is 0 Å². The summed E-state index contributed by atoms with van der Waals surface area (Å²) in [6, 6.07) is 6.25. The molecule has 0 saturated heterocycles. The maximum absolute atomic E-state index is 10.7. The first-order valence-corrected chi connectivity index (χ1v) is 9.08. The third kappa shape index (κ3) is 2.16. The molecule has 0 heterocycles. The first-order chi connectivity index (χ1) is 10.9. The van der Waals surface area contributed by atoms with Crippen molar-refractivity contribution >= 4 is 0 Å². The number of aliphatic hydroxyl groups is 1. The van der Waals surface area contributed by atoms with Crippen LogP contribution in [0.3, 0.4) is 0 Å². The van der Waals surface area contributed by atoms with Crippen LogP contribution in [0.4, 0.5) is 0 Å². The number of aromatic hydroxyl groups is 1. The average molecular weight is 315 g/mol. The first-order valence-electron chi connectivity index (χ1n) is 9.08. The predicted molar refractivity (Wildman–Crippen MR) is 91.6 cm³/mol. The Balaban J connectivity index is 1.69. The molecule has 2 fully saturated rings. The Hall–Kier alpha value is -1.06. The lowest BCUT2D eigenvalue weighted by molar-refractivity contribution is -0.00208. The summed E-state index contributed by atoms with van der Waals surface area (Å²) in [5.41, 5.74) is 3.04. The molecule has 0 aromatic heterocycles. The zero-order chi connectivity index (χ0) is 16.4. The van der Waals surface area contributed by atoms with Crippen molar-refractivity contribution in [2.24, 2.45) is 17.3 Å².